The van der Waals surface area contributed by atoms with Crippen molar-refractivity contribution in [2.24, 2.45) is 0 Å². The van der Waals surface area contributed by atoms with Gasteiger partial charge in [-0.25, -0.2) is 0 Å². The number of nitrogens with zero attached hydrogens (tertiary/aromatic N) is 1. The lowest BCUT2D eigenvalue weighted by Gasteiger charge is -2.27. The number of hydrogen-bond acceptors (Lipinski definition) is 3. The molecular formula is C25H26N3O3+. The number of nitrogens with two attached hydrogens (primary N) is 1. The van der Waals surface area contributed by atoms with Crippen molar-refractivity contribution in [2.45, 2.75) is 38.3 Å². The van der Waals surface area contributed by atoms with Crippen molar-refractivity contribution in [1.82, 2.24) is 0 Å². The van der Waals surface area contributed by atoms with Crippen LogP contribution in [0.25, 0.3) is 0 Å². The van der Waals surface area contributed by atoms with Crippen LogP contribution < -0.4 is 10.6 Å². The van der Waals surface area contributed by atoms with Crippen molar-refractivity contribution < 1.29 is 15.0 Å². The van der Waals surface area contributed by atoms with Gasteiger partial charge < -0.3 is 10.6 Å². The van der Waals surface area contributed by atoms with E-state index in [1.54, 1.807) is 19.1 Å². The summed E-state index contributed by atoms with van der Waals surface area (Å²) in [5, 5.41) is 16.4. The third-order valence-corrected chi connectivity index (χ3v) is 5.89. The molecule has 158 valence electrons. The second kappa shape index (κ2) is 9.10. The summed E-state index contributed by atoms with van der Waals surface area (Å²) in [6, 6.07) is 22.5. The van der Waals surface area contributed by atoms with Crippen LogP contribution in [0, 0.1) is 17.0 Å². The lowest BCUT2D eigenvalue weighted by Crippen LogP contribution is -2.88. The number of amides is 1. The first kappa shape index (κ1) is 20.8. The van der Waals surface area contributed by atoms with E-state index in [0.29, 0.717) is 0 Å². The first-order valence-corrected chi connectivity index (χ1v) is 10.6. The van der Waals surface area contributed by atoms with E-state index in [2.05, 4.69) is 28.8 Å². The molecule has 3 N–H and O–H groups in total. The van der Waals surface area contributed by atoms with Crippen molar-refractivity contribution in [2.75, 3.05) is 5.32 Å². The number of nitrogens with one attached hydrogen (secondary N) is 1. The topological polar surface area (TPSA) is 88.8 Å². The number of nitro groups is 1. The van der Waals surface area contributed by atoms with E-state index in [1.807, 2.05) is 36.4 Å². The maximum atomic E-state index is 13.4. The van der Waals surface area contributed by atoms with Crippen LogP contribution >= 0.6 is 0 Å². The molecule has 0 unspecified atom stereocenters. The van der Waals surface area contributed by atoms with Gasteiger partial charge in [0.1, 0.15) is 11.7 Å². The molecule has 6 heteroatoms. The van der Waals surface area contributed by atoms with Gasteiger partial charge in [0.25, 0.3) is 11.6 Å². The minimum Gasteiger partial charge on any atom is -0.326 e. The summed E-state index contributed by atoms with van der Waals surface area (Å²) in [5.74, 6) is -0.263. The standard InChI is InChI=1S/C25H25N3O3/c1-17-14-15-22(23(16-17)28(30)31)27-25(29)24(19-9-3-2-4-10-19)26-21-13-7-11-18-8-5-6-12-20(18)21/h2-6,8-10,12,14-16,21,24,26H,7,11,13H2,1H3,(H,27,29)/p+1/t21-,24-/m1/s1. The minimum absolute atomic E-state index is 0.0943. The SMILES string of the molecule is Cc1ccc(NC(=O)[C@H]([NH2+][C@@H]2CCCc3ccccc32)c2ccccc2)c([N+](=O)[O-])c1. The van der Waals surface area contributed by atoms with Crippen molar-refractivity contribution in [3.05, 3.63) is 105 Å². The summed E-state index contributed by atoms with van der Waals surface area (Å²) >= 11 is 0. The Bertz CT molecular complexity index is 1100. The van der Waals surface area contributed by atoms with Crippen molar-refractivity contribution in [1.29, 1.82) is 0 Å². The van der Waals surface area contributed by atoms with Crippen molar-refractivity contribution in [3.8, 4) is 0 Å². The molecule has 4 rings (SSSR count). The van der Waals surface area contributed by atoms with Gasteiger partial charge in [-0.1, -0.05) is 60.7 Å². The number of carbonyl (C=O) groups excluding carboxylic acids is 1. The zero-order chi connectivity index (χ0) is 21.8. The second-order valence-corrected chi connectivity index (χ2v) is 8.05. The van der Waals surface area contributed by atoms with E-state index in [-0.39, 0.29) is 23.3 Å². The van der Waals surface area contributed by atoms with Gasteiger partial charge in [-0.3, -0.25) is 14.9 Å². The highest BCUT2D eigenvalue weighted by Crippen LogP contribution is 2.29. The van der Waals surface area contributed by atoms with Crippen LogP contribution in [0.1, 0.15) is 47.2 Å². The van der Waals surface area contributed by atoms with Gasteiger partial charge in [0.15, 0.2) is 6.04 Å². The zero-order valence-electron chi connectivity index (χ0n) is 17.5. The molecule has 0 heterocycles. The Labute approximate surface area is 181 Å². The molecule has 0 radical (unpaired) electrons. The molecule has 0 bridgehead atoms. The van der Waals surface area contributed by atoms with Gasteiger partial charge in [0.2, 0.25) is 0 Å². The van der Waals surface area contributed by atoms with Gasteiger partial charge in [-0.05, 0) is 37.0 Å². The molecule has 2 atom stereocenters. The average Bonchev–Trinajstić information content (AvgIpc) is 2.79. The fourth-order valence-electron chi connectivity index (χ4n) is 4.34. The molecule has 0 saturated heterocycles. The Kier molecular flexibility index (Phi) is 6.09. The van der Waals surface area contributed by atoms with Gasteiger partial charge in [0.05, 0.1) is 4.92 Å². The largest absolute Gasteiger partial charge is 0.326 e. The molecule has 0 fully saturated rings. The maximum absolute atomic E-state index is 13.4. The lowest BCUT2D eigenvalue weighted by atomic mass is 9.87. The molecule has 0 saturated carbocycles. The molecule has 1 aliphatic carbocycles. The number of anilines is 1. The Morgan fingerprint density at radius 1 is 1.10 bits per heavy atom. The summed E-state index contributed by atoms with van der Waals surface area (Å²) in [4.78, 5) is 24.4. The minimum atomic E-state index is -0.515. The number of rotatable bonds is 6. The first-order chi connectivity index (χ1) is 15.0. The van der Waals surface area contributed by atoms with Crippen molar-refractivity contribution in [3.63, 3.8) is 0 Å². The highest BCUT2D eigenvalue weighted by atomic mass is 16.6. The molecule has 1 aliphatic rings. The summed E-state index contributed by atoms with van der Waals surface area (Å²) in [6.45, 7) is 1.79. The van der Waals surface area contributed by atoms with E-state index in [4.69, 9.17) is 0 Å². The van der Waals surface area contributed by atoms with Crippen LogP contribution in [0.5, 0.6) is 0 Å². The fourth-order valence-corrected chi connectivity index (χ4v) is 4.34. The molecule has 3 aromatic carbocycles. The molecule has 1 amide bonds. The molecule has 0 aromatic heterocycles. The highest BCUT2D eigenvalue weighted by Gasteiger charge is 2.32. The predicted octanol–water partition coefficient (Wildman–Crippen LogP) is 4.22. The Morgan fingerprint density at radius 3 is 2.61 bits per heavy atom. The number of carbonyl (C=O) groups is 1. The highest BCUT2D eigenvalue weighted by molar-refractivity contribution is 5.96. The summed E-state index contributed by atoms with van der Waals surface area (Å²) < 4.78 is 0. The third-order valence-electron chi connectivity index (χ3n) is 5.89. The van der Waals surface area contributed by atoms with Crippen LogP contribution in [0.15, 0.2) is 72.8 Å². The Balaban J connectivity index is 1.64. The monoisotopic (exact) mass is 416 g/mol. The molecule has 6 nitrogen and oxygen atoms in total. The number of aryl methyl sites for hydroxylation is 2. The second-order valence-electron chi connectivity index (χ2n) is 8.05. The van der Waals surface area contributed by atoms with E-state index < -0.39 is 11.0 Å². The Hall–Kier alpha value is -3.51. The average molecular weight is 417 g/mol. The van der Waals surface area contributed by atoms with Gasteiger partial charge in [-0.15, -0.1) is 0 Å². The zero-order valence-corrected chi connectivity index (χ0v) is 17.5. The molecule has 0 spiro atoms. The Morgan fingerprint density at radius 2 is 1.84 bits per heavy atom. The van der Waals surface area contributed by atoms with Crippen LogP contribution in [0.4, 0.5) is 11.4 Å². The lowest BCUT2D eigenvalue weighted by molar-refractivity contribution is -0.723. The maximum Gasteiger partial charge on any atom is 0.293 e. The van der Waals surface area contributed by atoms with Crippen LogP contribution in [-0.4, -0.2) is 10.8 Å². The van der Waals surface area contributed by atoms with Crippen LogP contribution in [0.3, 0.4) is 0 Å². The van der Waals surface area contributed by atoms with E-state index >= 15 is 0 Å². The number of benzene rings is 3. The number of hydrogen-bond donors (Lipinski definition) is 2. The normalized spacial score (nSPS) is 16.2. The fraction of sp³-hybridized carbons (Fsp3) is 0.240. The molecular weight excluding hydrogens is 390 g/mol. The van der Waals surface area contributed by atoms with E-state index in [9.17, 15) is 14.9 Å². The molecule has 3 aromatic rings. The smallest absolute Gasteiger partial charge is 0.293 e. The summed E-state index contributed by atoms with van der Waals surface area (Å²) in [5.41, 5.74) is 4.37. The summed E-state index contributed by atoms with van der Waals surface area (Å²) in [7, 11) is 0. The molecule has 0 aliphatic heterocycles. The van der Waals surface area contributed by atoms with Gasteiger partial charge in [-0.2, -0.15) is 0 Å². The summed E-state index contributed by atoms with van der Waals surface area (Å²) in [6.07, 6.45) is 3.11. The number of quaternary nitrogens is 1. The number of fused-ring (bicyclic) bond motifs is 1. The van der Waals surface area contributed by atoms with Crippen LogP contribution in [-0.2, 0) is 11.2 Å². The van der Waals surface area contributed by atoms with E-state index in [1.165, 1.54) is 17.2 Å². The quantitative estimate of drug-likeness (QED) is 0.466. The third kappa shape index (κ3) is 4.64. The predicted molar refractivity (Wildman–Crippen MR) is 120 cm³/mol. The van der Waals surface area contributed by atoms with Crippen molar-refractivity contribution >= 4 is 17.3 Å². The van der Waals surface area contributed by atoms with Crippen LogP contribution in [0.2, 0.25) is 0 Å². The number of nitro benzene ring substituents is 1. The van der Waals surface area contributed by atoms with Gasteiger partial charge in [0, 0.05) is 23.6 Å². The van der Waals surface area contributed by atoms with Gasteiger partial charge >= 0.3 is 0 Å². The molecule has 31 heavy (non-hydrogen) atoms. The first-order valence-electron chi connectivity index (χ1n) is 10.6. The van der Waals surface area contributed by atoms with E-state index in [0.717, 1.165) is 30.4 Å².